The summed E-state index contributed by atoms with van der Waals surface area (Å²) in [6.07, 6.45) is -1.56. The van der Waals surface area contributed by atoms with Gasteiger partial charge < -0.3 is 19.7 Å². The molecule has 0 bridgehead atoms. The molecule has 100 valence electrons. The molecule has 0 fully saturated rings. The van der Waals surface area contributed by atoms with Crippen LogP contribution in [0.15, 0.2) is 12.1 Å². The third kappa shape index (κ3) is 2.95. The fourth-order valence-electron chi connectivity index (χ4n) is 1.58. The summed E-state index contributed by atoms with van der Waals surface area (Å²) < 4.78 is 10.1. The molecular weight excluding hydrogens is 256 g/mol. The van der Waals surface area contributed by atoms with Gasteiger partial charge in [-0.05, 0) is 12.1 Å². The number of aldehydes is 1. The summed E-state index contributed by atoms with van der Waals surface area (Å²) in [5.41, 5.74) is 0.659. The highest BCUT2D eigenvalue weighted by atomic mass is 32.1. The Morgan fingerprint density at radius 1 is 1.28 bits per heavy atom. The molecule has 0 saturated heterocycles. The van der Waals surface area contributed by atoms with E-state index in [-0.39, 0.29) is 5.75 Å². The zero-order valence-electron chi connectivity index (χ0n) is 10.2. The van der Waals surface area contributed by atoms with Crippen molar-refractivity contribution in [3.63, 3.8) is 0 Å². The first-order chi connectivity index (χ1) is 8.58. The molecule has 2 N–H and O–H groups in total. The van der Waals surface area contributed by atoms with Gasteiger partial charge in [0, 0.05) is 11.3 Å². The normalized spacial score (nSPS) is 13.8. The lowest BCUT2D eigenvalue weighted by molar-refractivity contribution is 0.0321. The average molecular weight is 272 g/mol. The molecule has 2 atom stereocenters. The summed E-state index contributed by atoms with van der Waals surface area (Å²) >= 11 is 3.92. The van der Waals surface area contributed by atoms with Crippen LogP contribution in [0, 0.1) is 0 Å². The molecule has 0 spiro atoms. The maximum atomic E-state index is 10.9. The fourth-order valence-corrected chi connectivity index (χ4v) is 1.77. The van der Waals surface area contributed by atoms with Gasteiger partial charge in [0.05, 0.1) is 25.9 Å². The molecule has 1 aromatic rings. The predicted octanol–water partition coefficient (Wildman–Crippen LogP) is 0.840. The van der Waals surface area contributed by atoms with E-state index in [4.69, 9.17) is 9.47 Å². The maximum absolute atomic E-state index is 10.9. The van der Waals surface area contributed by atoms with E-state index in [9.17, 15) is 15.0 Å². The summed E-state index contributed by atoms with van der Waals surface area (Å²) in [5, 5.41) is 19.6. The zero-order valence-corrected chi connectivity index (χ0v) is 11.1. The van der Waals surface area contributed by atoms with Crippen LogP contribution < -0.4 is 9.47 Å². The predicted molar refractivity (Wildman–Crippen MR) is 69.8 cm³/mol. The number of carbonyl (C=O) groups excluding carboxylic acids is 1. The molecule has 0 heterocycles. The van der Waals surface area contributed by atoms with Crippen molar-refractivity contribution < 1.29 is 24.5 Å². The summed E-state index contributed by atoms with van der Waals surface area (Å²) in [4.78, 5) is 10.9. The van der Waals surface area contributed by atoms with Gasteiger partial charge in [-0.3, -0.25) is 4.79 Å². The van der Waals surface area contributed by atoms with Crippen LogP contribution in [0.3, 0.4) is 0 Å². The van der Waals surface area contributed by atoms with E-state index in [1.54, 1.807) is 0 Å². The van der Waals surface area contributed by atoms with Crippen molar-refractivity contribution in [2.45, 2.75) is 12.2 Å². The first-order valence-corrected chi connectivity index (χ1v) is 5.90. The van der Waals surface area contributed by atoms with Gasteiger partial charge in [-0.2, -0.15) is 12.6 Å². The topological polar surface area (TPSA) is 76.0 Å². The van der Waals surface area contributed by atoms with Crippen LogP contribution in [-0.4, -0.2) is 42.6 Å². The fraction of sp³-hybridized carbons (Fsp3) is 0.417. The molecule has 5 nitrogen and oxygen atoms in total. The van der Waals surface area contributed by atoms with E-state index in [0.717, 1.165) is 0 Å². The number of thiol groups is 1. The molecule has 0 aliphatic rings. The largest absolute Gasteiger partial charge is 0.496 e. The van der Waals surface area contributed by atoms with Crippen LogP contribution in [0.2, 0.25) is 0 Å². The lowest BCUT2D eigenvalue weighted by atomic mass is 10.0. The van der Waals surface area contributed by atoms with Crippen molar-refractivity contribution in [2.24, 2.45) is 0 Å². The third-order valence-electron chi connectivity index (χ3n) is 2.58. The molecule has 18 heavy (non-hydrogen) atoms. The van der Waals surface area contributed by atoms with E-state index < -0.39 is 12.2 Å². The molecule has 2 unspecified atom stereocenters. The van der Waals surface area contributed by atoms with Crippen LogP contribution in [-0.2, 0) is 0 Å². The lowest BCUT2D eigenvalue weighted by Crippen LogP contribution is -2.20. The number of carbonyl (C=O) groups is 1. The summed E-state index contributed by atoms with van der Waals surface area (Å²) in [7, 11) is 2.83. The Morgan fingerprint density at radius 2 is 1.89 bits per heavy atom. The SMILES string of the molecule is COc1cc(C(O)C(O)CS)c(OC)cc1C=O. The van der Waals surface area contributed by atoms with Gasteiger partial charge in [-0.25, -0.2) is 0 Å². The monoisotopic (exact) mass is 272 g/mol. The van der Waals surface area contributed by atoms with E-state index in [1.807, 2.05) is 0 Å². The number of rotatable bonds is 6. The molecule has 6 heteroatoms. The van der Waals surface area contributed by atoms with Gasteiger partial charge in [0.25, 0.3) is 0 Å². The van der Waals surface area contributed by atoms with E-state index in [1.165, 1.54) is 26.4 Å². The zero-order chi connectivity index (χ0) is 13.7. The number of methoxy groups -OCH3 is 2. The molecule has 1 aromatic carbocycles. The maximum Gasteiger partial charge on any atom is 0.153 e. The Balaban J connectivity index is 3.29. The quantitative estimate of drug-likeness (QED) is 0.528. The Labute approximate surface area is 111 Å². The molecule has 0 radical (unpaired) electrons. The van der Waals surface area contributed by atoms with Crippen molar-refractivity contribution in [1.29, 1.82) is 0 Å². The van der Waals surface area contributed by atoms with E-state index >= 15 is 0 Å². The van der Waals surface area contributed by atoms with Gasteiger partial charge in [0.2, 0.25) is 0 Å². The van der Waals surface area contributed by atoms with E-state index in [0.29, 0.717) is 28.9 Å². The Morgan fingerprint density at radius 3 is 2.33 bits per heavy atom. The average Bonchev–Trinajstić information content (AvgIpc) is 2.43. The second-order valence-corrected chi connectivity index (χ2v) is 4.01. The molecule has 0 saturated carbocycles. The van der Waals surface area contributed by atoms with Gasteiger partial charge >= 0.3 is 0 Å². The molecule has 0 amide bonds. The first kappa shape index (κ1) is 14.8. The Bertz CT molecular complexity index is 421. The number of hydrogen-bond donors (Lipinski definition) is 3. The minimum Gasteiger partial charge on any atom is -0.496 e. The van der Waals surface area contributed by atoms with Crippen LogP contribution in [0.25, 0.3) is 0 Å². The van der Waals surface area contributed by atoms with Crippen molar-refractivity contribution in [1.82, 2.24) is 0 Å². The van der Waals surface area contributed by atoms with Crippen LogP contribution in [0.5, 0.6) is 11.5 Å². The number of hydrogen-bond acceptors (Lipinski definition) is 6. The van der Waals surface area contributed by atoms with Gasteiger partial charge in [-0.1, -0.05) is 0 Å². The highest BCUT2D eigenvalue weighted by molar-refractivity contribution is 7.80. The van der Waals surface area contributed by atoms with Crippen LogP contribution >= 0.6 is 12.6 Å². The van der Waals surface area contributed by atoms with Gasteiger partial charge in [0.15, 0.2) is 6.29 Å². The molecular formula is C12H16O5S. The highest BCUT2D eigenvalue weighted by Gasteiger charge is 2.22. The molecule has 1 rings (SSSR count). The van der Waals surface area contributed by atoms with Crippen LogP contribution in [0.4, 0.5) is 0 Å². The summed E-state index contributed by atoms with van der Waals surface area (Å²) in [6.45, 7) is 0. The number of benzene rings is 1. The van der Waals surface area contributed by atoms with Crippen molar-refractivity contribution in [3.8, 4) is 11.5 Å². The smallest absolute Gasteiger partial charge is 0.153 e. The Kier molecular flexibility index (Phi) is 5.46. The minimum atomic E-state index is -1.16. The van der Waals surface area contributed by atoms with Crippen molar-refractivity contribution in [3.05, 3.63) is 23.3 Å². The Hall–Kier alpha value is -1.24. The van der Waals surface area contributed by atoms with Crippen molar-refractivity contribution in [2.75, 3.05) is 20.0 Å². The second kappa shape index (κ2) is 6.63. The van der Waals surface area contributed by atoms with Gasteiger partial charge in [0.1, 0.15) is 17.6 Å². The minimum absolute atomic E-state index is 0.0993. The standard InChI is InChI=1S/C12H16O5S/c1-16-10-4-8(12(15)9(14)6-18)11(17-2)3-7(10)5-13/h3-5,9,12,14-15,18H,6H2,1-2H3. The van der Waals surface area contributed by atoms with Crippen LogP contribution in [0.1, 0.15) is 22.0 Å². The first-order valence-electron chi connectivity index (χ1n) is 5.27. The molecule has 0 aliphatic heterocycles. The number of aliphatic hydroxyl groups excluding tert-OH is 2. The van der Waals surface area contributed by atoms with Crippen molar-refractivity contribution >= 4 is 18.9 Å². The molecule has 0 aromatic heterocycles. The number of aliphatic hydroxyl groups is 2. The van der Waals surface area contributed by atoms with E-state index in [2.05, 4.69) is 12.6 Å². The number of ether oxygens (including phenoxy) is 2. The highest BCUT2D eigenvalue weighted by Crippen LogP contribution is 2.33. The summed E-state index contributed by atoms with van der Waals surface area (Å²) in [5.74, 6) is 0.722. The second-order valence-electron chi connectivity index (χ2n) is 3.65. The van der Waals surface area contributed by atoms with Gasteiger partial charge in [-0.15, -0.1) is 0 Å². The summed E-state index contributed by atoms with van der Waals surface area (Å²) in [6, 6.07) is 2.93. The lowest BCUT2D eigenvalue weighted by Gasteiger charge is -2.20. The third-order valence-corrected chi connectivity index (χ3v) is 2.95. The molecule has 0 aliphatic carbocycles.